The average Bonchev–Trinajstić information content (AvgIpc) is 2.77. The Bertz CT molecular complexity index is 1420. The van der Waals surface area contributed by atoms with Gasteiger partial charge in [0.05, 0.1) is 5.69 Å². The maximum Gasteiger partial charge on any atom is 0.159 e. The molecule has 138 valence electrons. The van der Waals surface area contributed by atoms with Gasteiger partial charge in [-0.05, 0) is 58.0 Å². The van der Waals surface area contributed by atoms with E-state index in [0.717, 1.165) is 22.3 Å². The molecule has 0 N–H and O–H groups in total. The van der Waals surface area contributed by atoms with E-state index in [1.807, 2.05) is 18.5 Å². The monoisotopic (exact) mass is 373 g/mol. The minimum atomic E-state index is -0.196. The molecule has 0 spiro atoms. The van der Waals surface area contributed by atoms with Gasteiger partial charge in [0.2, 0.25) is 0 Å². The summed E-state index contributed by atoms with van der Waals surface area (Å²) in [6, 6.07) is 21.4. The fraction of sp³-hybridized carbons (Fsp3) is 0.115. The zero-order valence-electron chi connectivity index (χ0n) is 16.3. The summed E-state index contributed by atoms with van der Waals surface area (Å²) in [6.07, 6.45) is 5.66. The second kappa shape index (κ2) is 5.71. The van der Waals surface area contributed by atoms with Gasteiger partial charge in [-0.15, -0.1) is 0 Å². The number of benzene rings is 2. The molecule has 0 bridgehead atoms. The van der Waals surface area contributed by atoms with Crippen LogP contribution in [0.15, 0.2) is 79.3 Å². The summed E-state index contributed by atoms with van der Waals surface area (Å²) in [7, 11) is 0. The van der Waals surface area contributed by atoms with Crippen LogP contribution in [-0.2, 0) is 5.41 Å². The number of fused-ring (bicyclic) bond motifs is 4. The summed E-state index contributed by atoms with van der Waals surface area (Å²) in [4.78, 5) is 13.9. The number of nitrogens with zero attached hydrogens (tertiary/aromatic N) is 3. The van der Waals surface area contributed by atoms with Crippen molar-refractivity contribution in [3.8, 4) is 22.4 Å². The Balaban J connectivity index is 1.77. The maximum absolute atomic E-state index is 4.79. The van der Waals surface area contributed by atoms with Crippen molar-refractivity contribution in [2.24, 2.45) is 0 Å². The first-order valence-corrected chi connectivity index (χ1v) is 9.88. The molecule has 5 aromatic rings. The van der Waals surface area contributed by atoms with Crippen molar-refractivity contribution in [3.05, 3.63) is 90.4 Å². The van der Waals surface area contributed by atoms with Crippen molar-refractivity contribution in [2.45, 2.75) is 19.3 Å². The van der Waals surface area contributed by atoms with Crippen LogP contribution in [0, 0.1) is 0 Å². The zero-order valence-corrected chi connectivity index (χ0v) is 16.3. The van der Waals surface area contributed by atoms with Crippen LogP contribution in [-0.4, -0.2) is 15.0 Å². The van der Waals surface area contributed by atoms with Gasteiger partial charge in [0, 0.05) is 40.3 Å². The predicted octanol–water partition coefficient (Wildman–Crippen LogP) is 6.15. The van der Waals surface area contributed by atoms with Gasteiger partial charge >= 0.3 is 0 Å². The van der Waals surface area contributed by atoms with Crippen LogP contribution >= 0.6 is 0 Å². The summed E-state index contributed by atoms with van der Waals surface area (Å²) in [6.45, 7) is 4.61. The molecule has 29 heavy (non-hydrogen) atoms. The molecule has 0 atom stereocenters. The van der Waals surface area contributed by atoms with E-state index < -0.39 is 0 Å². The van der Waals surface area contributed by atoms with E-state index >= 15 is 0 Å². The maximum atomic E-state index is 4.79. The molecule has 3 heteroatoms. The molecule has 0 unspecified atom stereocenters. The number of pyridine rings is 3. The highest BCUT2D eigenvalue weighted by Crippen LogP contribution is 2.50. The summed E-state index contributed by atoms with van der Waals surface area (Å²) < 4.78 is 0. The second-order valence-electron chi connectivity index (χ2n) is 8.19. The Labute approximate surface area is 169 Å². The molecule has 0 saturated carbocycles. The van der Waals surface area contributed by atoms with Crippen LogP contribution < -0.4 is 0 Å². The molecular formula is C26H19N3. The van der Waals surface area contributed by atoms with E-state index in [9.17, 15) is 0 Å². The number of hydrogen-bond acceptors (Lipinski definition) is 3. The number of hydrogen-bond donors (Lipinski definition) is 0. The summed E-state index contributed by atoms with van der Waals surface area (Å²) in [5, 5.41) is 3.55. The van der Waals surface area contributed by atoms with Crippen molar-refractivity contribution >= 4 is 21.8 Å². The van der Waals surface area contributed by atoms with Crippen molar-refractivity contribution in [3.63, 3.8) is 0 Å². The lowest BCUT2D eigenvalue weighted by molar-refractivity contribution is 0.649. The van der Waals surface area contributed by atoms with Crippen LogP contribution in [0.3, 0.4) is 0 Å². The number of rotatable bonds is 1. The molecule has 1 aliphatic rings. The first-order valence-electron chi connectivity index (χ1n) is 9.88. The highest BCUT2D eigenvalue weighted by Gasteiger charge is 2.36. The SMILES string of the molecule is CC1(C)c2c(cnc3ncccc23)-c2nccc3cc(-c4ccccc4)cc1c23. The van der Waals surface area contributed by atoms with Crippen LogP contribution in [0.2, 0.25) is 0 Å². The largest absolute Gasteiger partial charge is 0.256 e. The average molecular weight is 373 g/mol. The molecule has 6 rings (SSSR count). The number of aromatic nitrogens is 3. The molecular weight excluding hydrogens is 354 g/mol. The lowest BCUT2D eigenvalue weighted by Crippen LogP contribution is -2.25. The third-order valence-electron chi connectivity index (χ3n) is 6.17. The summed E-state index contributed by atoms with van der Waals surface area (Å²) in [5.74, 6) is 0. The van der Waals surface area contributed by atoms with Crippen molar-refractivity contribution in [1.29, 1.82) is 0 Å². The predicted molar refractivity (Wildman–Crippen MR) is 118 cm³/mol. The van der Waals surface area contributed by atoms with Crippen LogP contribution in [0.25, 0.3) is 44.2 Å². The van der Waals surface area contributed by atoms with E-state index in [-0.39, 0.29) is 5.41 Å². The van der Waals surface area contributed by atoms with Crippen LogP contribution in [0.4, 0.5) is 0 Å². The smallest absolute Gasteiger partial charge is 0.159 e. The standard InChI is InChI=1S/C26H19N3/c1-26(2)21-14-18(16-7-4-3-5-8-16)13-17-10-12-27-24(22(17)21)20-15-29-25-19(23(20)26)9-6-11-28-25/h3-15H,1-2H3. The van der Waals surface area contributed by atoms with Crippen molar-refractivity contribution in [2.75, 3.05) is 0 Å². The Kier molecular flexibility index (Phi) is 3.22. The highest BCUT2D eigenvalue weighted by atomic mass is 14.8. The van der Waals surface area contributed by atoms with Crippen LogP contribution in [0.1, 0.15) is 25.0 Å². The van der Waals surface area contributed by atoms with Crippen molar-refractivity contribution < 1.29 is 0 Å². The summed E-state index contributed by atoms with van der Waals surface area (Å²) in [5.41, 5.74) is 7.75. The van der Waals surface area contributed by atoms with Gasteiger partial charge in [0.25, 0.3) is 0 Å². The molecule has 0 fully saturated rings. The van der Waals surface area contributed by atoms with E-state index in [1.165, 1.54) is 33.0 Å². The topological polar surface area (TPSA) is 38.7 Å². The molecule has 3 aromatic heterocycles. The highest BCUT2D eigenvalue weighted by molar-refractivity contribution is 6.05. The first-order chi connectivity index (χ1) is 14.1. The Morgan fingerprint density at radius 2 is 1.62 bits per heavy atom. The second-order valence-corrected chi connectivity index (χ2v) is 8.19. The van der Waals surface area contributed by atoms with Gasteiger partial charge < -0.3 is 0 Å². The fourth-order valence-corrected chi connectivity index (χ4v) is 4.83. The molecule has 0 saturated heterocycles. The van der Waals surface area contributed by atoms with Crippen molar-refractivity contribution in [1.82, 2.24) is 15.0 Å². The first kappa shape index (κ1) is 16.4. The molecule has 0 aliphatic heterocycles. The third kappa shape index (κ3) is 2.21. The minimum Gasteiger partial charge on any atom is -0.256 e. The lowest BCUT2D eigenvalue weighted by atomic mass is 9.68. The van der Waals surface area contributed by atoms with Gasteiger partial charge in [0.15, 0.2) is 5.65 Å². The van der Waals surface area contributed by atoms with Gasteiger partial charge in [-0.3, -0.25) is 4.98 Å². The van der Waals surface area contributed by atoms with Gasteiger partial charge in [0.1, 0.15) is 0 Å². The molecule has 3 nitrogen and oxygen atoms in total. The quantitative estimate of drug-likeness (QED) is 0.354. The van der Waals surface area contributed by atoms with E-state index in [1.54, 1.807) is 6.20 Å². The van der Waals surface area contributed by atoms with E-state index in [2.05, 4.69) is 78.4 Å². The zero-order chi connectivity index (χ0) is 19.6. The molecule has 0 radical (unpaired) electrons. The van der Waals surface area contributed by atoms with E-state index in [0.29, 0.717) is 0 Å². The minimum absolute atomic E-state index is 0.196. The Morgan fingerprint density at radius 3 is 2.48 bits per heavy atom. The molecule has 0 amide bonds. The van der Waals surface area contributed by atoms with Gasteiger partial charge in [-0.1, -0.05) is 44.2 Å². The Morgan fingerprint density at radius 1 is 0.759 bits per heavy atom. The van der Waals surface area contributed by atoms with E-state index in [4.69, 9.17) is 4.98 Å². The summed E-state index contributed by atoms with van der Waals surface area (Å²) >= 11 is 0. The van der Waals surface area contributed by atoms with Gasteiger partial charge in [-0.2, -0.15) is 0 Å². The third-order valence-corrected chi connectivity index (χ3v) is 6.17. The fourth-order valence-electron chi connectivity index (χ4n) is 4.83. The molecule has 1 aliphatic carbocycles. The Hall–Kier alpha value is -3.59. The normalized spacial score (nSPS) is 14.1. The lowest BCUT2D eigenvalue weighted by Gasteiger charge is -2.35. The molecule has 3 heterocycles. The van der Waals surface area contributed by atoms with Crippen LogP contribution in [0.5, 0.6) is 0 Å². The van der Waals surface area contributed by atoms with Gasteiger partial charge in [-0.25, -0.2) is 9.97 Å². The molecule has 2 aromatic carbocycles.